The van der Waals surface area contributed by atoms with Gasteiger partial charge in [-0.05, 0) is 18.9 Å². The summed E-state index contributed by atoms with van der Waals surface area (Å²) in [6.45, 7) is 3.28. The van der Waals surface area contributed by atoms with E-state index in [0.717, 1.165) is 5.56 Å². The normalized spacial score (nSPS) is 12.1. The zero-order valence-electron chi connectivity index (χ0n) is 9.19. The molecular weight excluding hydrogens is 188 g/mol. The van der Waals surface area contributed by atoms with E-state index in [1.807, 2.05) is 30.3 Å². The molecule has 1 unspecified atom stereocenters. The molecule has 0 radical (unpaired) electrons. The lowest BCUT2D eigenvalue weighted by Crippen LogP contribution is -2.23. The van der Waals surface area contributed by atoms with Gasteiger partial charge in [0, 0.05) is 6.42 Å². The fourth-order valence-corrected chi connectivity index (χ4v) is 1.58. The molecule has 0 saturated carbocycles. The number of ketones is 2. The average Bonchev–Trinajstić information content (AvgIpc) is 2.26. The van der Waals surface area contributed by atoms with E-state index in [9.17, 15) is 9.59 Å². The summed E-state index contributed by atoms with van der Waals surface area (Å²) >= 11 is 0. The van der Waals surface area contributed by atoms with E-state index in [4.69, 9.17) is 0 Å². The first-order valence-electron chi connectivity index (χ1n) is 5.22. The summed E-state index contributed by atoms with van der Waals surface area (Å²) in [7, 11) is 0. The van der Waals surface area contributed by atoms with Gasteiger partial charge in [-0.3, -0.25) is 9.59 Å². The molecule has 0 aliphatic rings. The molecule has 0 N–H and O–H groups in total. The van der Waals surface area contributed by atoms with Crippen LogP contribution in [0.3, 0.4) is 0 Å². The Kier molecular flexibility index (Phi) is 4.22. The third kappa shape index (κ3) is 3.31. The van der Waals surface area contributed by atoms with Gasteiger partial charge in [-0.15, -0.1) is 0 Å². The van der Waals surface area contributed by atoms with E-state index in [1.54, 1.807) is 6.92 Å². The quantitative estimate of drug-likeness (QED) is 0.690. The first-order chi connectivity index (χ1) is 7.15. The third-order valence-corrected chi connectivity index (χ3v) is 2.51. The highest BCUT2D eigenvalue weighted by Gasteiger charge is 2.21. The summed E-state index contributed by atoms with van der Waals surface area (Å²) < 4.78 is 0. The van der Waals surface area contributed by atoms with Crippen molar-refractivity contribution in [3.05, 3.63) is 35.9 Å². The lowest BCUT2D eigenvalue weighted by atomic mass is 9.91. The van der Waals surface area contributed by atoms with Crippen molar-refractivity contribution in [2.24, 2.45) is 5.92 Å². The molecule has 1 aromatic carbocycles. The van der Waals surface area contributed by atoms with Crippen LogP contribution < -0.4 is 0 Å². The number of carbonyl (C=O) groups excluding carboxylic acids is 2. The second-order valence-electron chi connectivity index (χ2n) is 3.67. The van der Waals surface area contributed by atoms with E-state index >= 15 is 0 Å². The molecule has 0 heterocycles. The van der Waals surface area contributed by atoms with Crippen LogP contribution in [0.4, 0.5) is 0 Å². The van der Waals surface area contributed by atoms with Crippen molar-refractivity contribution in [2.45, 2.75) is 26.7 Å². The molecule has 2 heteroatoms. The Balaban J connectivity index is 2.76. The first-order valence-corrected chi connectivity index (χ1v) is 5.22. The van der Waals surface area contributed by atoms with Crippen LogP contribution in [0.5, 0.6) is 0 Å². The number of hydrogen-bond donors (Lipinski definition) is 0. The van der Waals surface area contributed by atoms with Gasteiger partial charge in [0.2, 0.25) is 0 Å². The Morgan fingerprint density at radius 2 is 1.80 bits per heavy atom. The topological polar surface area (TPSA) is 34.1 Å². The van der Waals surface area contributed by atoms with Crippen molar-refractivity contribution in [3.8, 4) is 0 Å². The van der Waals surface area contributed by atoms with Crippen LogP contribution in [0.1, 0.15) is 25.8 Å². The van der Waals surface area contributed by atoms with E-state index < -0.39 is 5.92 Å². The lowest BCUT2D eigenvalue weighted by Gasteiger charge is -2.11. The van der Waals surface area contributed by atoms with E-state index in [2.05, 4.69) is 0 Å². The van der Waals surface area contributed by atoms with Gasteiger partial charge >= 0.3 is 0 Å². The number of hydrogen-bond acceptors (Lipinski definition) is 2. The summed E-state index contributed by atoms with van der Waals surface area (Å²) in [4.78, 5) is 22.9. The molecule has 0 bridgehead atoms. The Morgan fingerprint density at radius 3 is 2.27 bits per heavy atom. The Bertz CT molecular complexity index is 341. The second-order valence-corrected chi connectivity index (χ2v) is 3.67. The van der Waals surface area contributed by atoms with Crippen LogP contribution in [0, 0.1) is 5.92 Å². The fourth-order valence-electron chi connectivity index (χ4n) is 1.58. The lowest BCUT2D eigenvalue weighted by molar-refractivity contribution is -0.131. The molecule has 0 spiro atoms. The maximum Gasteiger partial charge on any atom is 0.143 e. The molecule has 1 rings (SSSR count). The molecular formula is C13H16O2. The second kappa shape index (κ2) is 5.44. The molecule has 1 aromatic rings. The summed E-state index contributed by atoms with van der Waals surface area (Å²) in [6.07, 6.45) is 0.958. The maximum atomic E-state index is 11.5. The van der Waals surface area contributed by atoms with Crippen molar-refractivity contribution >= 4 is 11.6 Å². The highest BCUT2D eigenvalue weighted by atomic mass is 16.1. The largest absolute Gasteiger partial charge is 0.299 e. The molecule has 0 saturated heterocycles. The monoisotopic (exact) mass is 204 g/mol. The number of carbonyl (C=O) groups is 2. The van der Waals surface area contributed by atoms with E-state index in [0.29, 0.717) is 12.8 Å². The van der Waals surface area contributed by atoms with Crippen molar-refractivity contribution in [2.75, 3.05) is 0 Å². The Morgan fingerprint density at radius 1 is 1.20 bits per heavy atom. The Hall–Kier alpha value is -1.44. The molecule has 2 nitrogen and oxygen atoms in total. The van der Waals surface area contributed by atoms with Crippen LogP contribution in [-0.4, -0.2) is 11.6 Å². The molecule has 0 aromatic heterocycles. The van der Waals surface area contributed by atoms with Crippen molar-refractivity contribution in [1.29, 1.82) is 0 Å². The SMILES string of the molecule is CCC(=O)C(Cc1ccccc1)C(C)=O. The summed E-state index contributed by atoms with van der Waals surface area (Å²) in [5.74, 6) is -0.463. The van der Waals surface area contributed by atoms with Gasteiger partial charge in [-0.2, -0.15) is 0 Å². The van der Waals surface area contributed by atoms with Crippen molar-refractivity contribution in [3.63, 3.8) is 0 Å². The standard InChI is InChI=1S/C13H16O2/c1-3-13(15)12(10(2)14)9-11-7-5-4-6-8-11/h4-8,12H,3,9H2,1-2H3. The fraction of sp³-hybridized carbons (Fsp3) is 0.385. The molecule has 1 atom stereocenters. The van der Waals surface area contributed by atoms with Crippen LogP contribution in [-0.2, 0) is 16.0 Å². The molecule has 0 amide bonds. The highest BCUT2D eigenvalue weighted by molar-refractivity contribution is 6.01. The smallest absolute Gasteiger partial charge is 0.143 e. The molecule has 0 fully saturated rings. The van der Waals surface area contributed by atoms with E-state index in [1.165, 1.54) is 6.92 Å². The van der Waals surface area contributed by atoms with Gasteiger partial charge in [0.05, 0.1) is 5.92 Å². The van der Waals surface area contributed by atoms with Gasteiger partial charge in [0.1, 0.15) is 11.6 Å². The minimum atomic E-state index is -0.461. The highest BCUT2D eigenvalue weighted by Crippen LogP contribution is 2.12. The maximum absolute atomic E-state index is 11.5. The van der Waals surface area contributed by atoms with Gasteiger partial charge in [0.25, 0.3) is 0 Å². The van der Waals surface area contributed by atoms with Crippen LogP contribution in [0.15, 0.2) is 30.3 Å². The molecule has 15 heavy (non-hydrogen) atoms. The summed E-state index contributed by atoms with van der Waals surface area (Å²) in [5, 5.41) is 0. The zero-order valence-corrected chi connectivity index (χ0v) is 9.19. The van der Waals surface area contributed by atoms with Gasteiger partial charge < -0.3 is 0 Å². The summed E-state index contributed by atoms with van der Waals surface area (Å²) in [6, 6.07) is 9.65. The van der Waals surface area contributed by atoms with Crippen LogP contribution >= 0.6 is 0 Å². The first kappa shape index (κ1) is 11.6. The zero-order chi connectivity index (χ0) is 11.3. The minimum Gasteiger partial charge on any atom is -0.299 e. The number of Topliss-reactive ketones (excluding diaryl/α,β-unsaturated/α-hetero) is 2. The van der Waals surface area contributed by atoms with Gasteiger partial charge in [-0.25, -0.2) is 0 Å². The molecule has 0 aliphatic carbocycles. The number of rotatable bonds is 5. The Labute approximate surface area is 90.3 Å². The van der Waals surface area contributed by atoms with Crippen LogP contribution in [0.25, 0.3) is 0 Å². The van der Waals surface area contributed by atoms with Crippen molar-refractivity contribution in [1.82, 2.24) is 0 Å². The number of benzene rings is 1. The predicted molar refractivity (Wildman–Crippen MR) is 59.6 cm³/mol. The van der Waals surface area contributed by atoms with Crippen LogP contribution in [0.2, 0.25) is 0 Å². The third-order valence-electron chi connectivity index (χ3n) is 2.51. The van der Waals surface area contributed by atoms with Gasteiger partial charge in [-0.1, -0.05) is 37.3 Å². The minimum absolute atomic E-state index is 0.0337. The molecule has 0 aliphatic heterocycles. The van der Waals surface area contributed by atoms with Crippen molar-refractivity contribution < 1.29 is 9.59 Å². The van der Waals surface area contributed by atoms with E-state index in [-0.39, 0.29) is 11.6 Å². The predicted octanol–water partition coefficient (Wildman–Crippen LogP) is 2.41. The van der Waals surface area contributed by atoms with Gasteiger partial charge in [0.15, 0.2) is 0 Å². The average molecular weight is 204 g/mol. The molecule has 80 valence electrons. The summed E-state index contributed by atoms with van der Waals surface area (Å²) in [5.41, 5.74) is 1.04.